The minimum Gasteiger partial charge on any atom is -0.481 e. The molecule has 0 aromatic rings. The lowest BCUT2D eigenvalue weighted by molar-refractivity contribution is -0.138. The predicted molar refractivity (Wildman–Crippen MR) is 57.0 cm³/mol. The van der Waals surface area contributed by atoms with Gasteiger partial charge in [-0.3, -0.25) is 9.69 Å². The number of aliphatic carboxylic acids is 1. The molecule has 1 fully saturated rings. The smallest absolute Gasteiger partial charge is 0.304 e. The Hall–Kier alpha value is -0.650. The van der Waals surface area contributed by atoms with Crippen molar-refractivity contribution in [2.45, 2.75) is 25.4 Å². The number of hydrogen-bond donors (Lipinski definition) is 2. The highest BCUT2D eigenvalue weighted by molar-refractivity contribution is 5.67. The summed E-state index contributed by atoms with van der Waals surface area (Å²) in [5.41, 5.74) is 0. The summed E-state index contributed by atoms with van der Waals surface area (Å²) < 4.78 is 5.03. The molecule has 0 bridgehead atoms. The maximum Gasteiger partial charge on any atom is 0.304 e. The molecule has 0 saturated carbocycles. The van der Waals surface area contributed by atoms with E-state index < -0.39 is 5.97 Å². The number of piperazine rings is 1. The summed E-state index contributed by atoms with van der Waals surface area (Å²) in [7, 11) is 1.68. The summed E-state index contributed by atoms with van der Waals surface area (Å²) >= 11 is 0. The number of hydrogen-bond acceptors (Lipinski definition) is 4. The number of carboxylic acid groups (broad SMARTS) is 1. The molecule has 2 N–H and O–H groups in total. The van der Waals surface area contributed by atoms with Crippen molar-refractivity contribution in [2.24, 2.45) is 0 Å². The zero-order valence-electron chi connectivity index (χ0n) is 9.40. The molecule has 2 unspecified atom stereocenters. The first-order valence-corrected chi connectivity index (χ1v) is 5.31. The molecule has 0 aliphatic carbocycles. The lowest BCUT2D eigenvalue weighted by Crippen LogP contribution is -2.56. The van der Waals surface area contributed by atoms with Gasteiger partial charge in [-0.15, -0.1) is 0 Å². The van der Waals surface area contributed by atoms with Crippen LogP contribution in [0.1, 0.15) is 13.3 Å². The van der Waals surface area contributed by atoms with Gasteiger partial charge in [-0.1, -0.05) is 0 Å². The number of carbonyl (C=O) groups is 1. The first-order chi connectivity index (χ1) is 7.13. The Bertz CT molecular complexity index is 211. The van der Waals surface area contributed by atoms with Crippen LogP contribution in [-0.2, 0) is 9.53 Å². The van der Waals surface area contributed by atoms with E-state index in [2.05, 4.69) is 17.1 Å². The molecule has 0 aromatic carbocycles. The minimum absolute atomic E-state index is 0.0653. The summed E-state index contributed by atoms with van der Waals surface area (Å²) in [6.07, 6.45) is 0.191. The zero-order valence-corrected chi connectivity index (χ0v) is 9.40. The third-order valence-electron chi connectivity index (χ3n) is 2.78. The second-order valence-corrected chi connectivity index (χ2v) is 4.04. The average Bonchev–Trinajstić information content (AvgIpc) is 2.18. The minimum atomic E-state index is -0.742. The molecule has 0 aromatic heterocycles. The van der Waals surface area contributed by atoms with Gasteiger partial charge in [-0.05, 0) is 6.92 Å². The SMILES string of the molecule is COCCN1CC(CC(=O)O)NCC1C. The standard InChI is InChI=1S/C10H20N2O3/c1-8-6-11-9(5-10(13)14)7-12(8)3-4-15-2/h8-9,11H,3-7H2,1-2H3,(H,13,14). The van der Waals surface area contributed by atoms with Crippen molar-refractivity contribution in [3.63, 3.8) is 0 Å². The van der Waals surface area contributed by atoms with Gasteiger partial charge in [0.25, 0.3) is 0 Å². The molecule has 5 heteroatoms. The molecular weight excluding hydrogens is 196 g/mol. The first-order valence-electron chi connectivity index (χ1n) is 5.31. The molecule has 1 aliphatic heterocycles. The van der Waals surface area contributed by atoms with Crippen molar-refractivity contribution >= 4 is 5.97 Å². The van der Waals surface area contributed by atoms with Crippen molar-refractivity contribution < 1.29 is 14.6 Å². The average molecular weight is 216 g/mol. The lowest BCUT2D eigenvalue weighted by Gasteiger charge is -2.38. The van der Waals surface area contributed by atoms with Crippen LogP contribution in [-0.4, -0.2) is 61.4 Å². The first kappa shape index (κ1) is 12.4. The van der Waals surface area contributed by atoms with Crippen molar-refractivity contribution in [3.05, 3.63) is 0 Å². The number of methoxy groups -OCH3 is 1. The largest absolute Gasteiger partial charge is 0.481 e. The van der Waals surface area contributed by atoms with Gasteiger partial charge >= 0.3 is 5.97 Å². The predicted octanol–water partition coefficient (Wildman–Crippen LogP) is -0.230. The molecule has 15 heavy (non-hydrogen) atoms. The zero-order chi connectivity index (χ0) is 11.3. The summed E-state index contributed by atoms with van der Waals surface area (Å²) in [4.78, 5) is 12.9. The topological polar surface area (TPSA) is 61.8 Å². The molecule has 1 aliphatic rings. The Balaban J connectivity index is 2.37. The van der Waals surface area contributed by atoms with E-state index in [9.17, 15) is 4.79 Å². The van der Waals surface area contributed by atoms with Crippen LogP contribution in [0.4, 0.5) is 0 Å². The monoisotopic (exact) mass is 216 g/mol. The molecule has 1 saturated heterocycles. The summed E-state index contributed by atoms with van der Waals surface area (Å²) in [6, 6.07) is 0.515. The molecule has 0 radical (unpaired) electrons. The van der Waals surface area contributed by atoms with E-state index in [1.54, 1.807) is 7.11 Å². The Kier molecular flexibility index (Phi) is 5.01. The van der Waals surface area contributed by atoms with E-state index in [4.69, 9.17) is 9.84 Å². The highest BCUT2D eigenvalue weighted by atomic mass is 16.5. The molecule has 5 nitrogen and oxygen atoms in total. The second-order valence-electron chi connectivity index (χ2n) is 4.04. The third kappa shape index (κ3) is 4.15. The molecule has 1 heterocycles. The van der Waals surface area contributed by atoms with Crippen LogP contribution in [0.2, 0.25) is 0 Å². The van der Waals surface area contributed by atoms with Gasteiger partial charge in [0.05, 0.1) is 13.0 Å². The van der Waals surface area contributed by atoms with Gasteiger partial charge in [0, 0.05) is 38.8 Å². The fourth-order valence-electron chi connectivity index (χ4n) is 1.86. The van der Waals surface area contributed by atoms with Crippen LogP contribution >= 0.6 is 0 Å². The van der Waals surface area contributed by atoms with Crippen molar-refractivity contribution in [1.29, 1.82) is 0 Å². The Labute approximate surface area is 90.4 Å². The highest BCUT2D eigenvalue weighted by Crippen LogP contribution is 2.08. The van der Waals surface area contributed by atoms with Gasteiger partial charge in [0.15, 0.2) is 0 Å². The maximum atomic E-state index is 10.6. The van der Waals surface area contributed by atoms with E-state index in [-0.39, 0.29) is 12.5 Å². The van der Waals surface area contributed by atoms with Gasteiger partial charge in [-0.25, -0.2) is 0 Å². The number of carboxylic acids is 1. The molecule has 0 spiro atoms. The number of ether oxygens (including phenoxy) is 1. The fraction of sp³-hybridized carbons (Fsp3) is 0.900. The molecule has 0 amide bonds. The van der Waals surface area contributed by atoms with Crippen molar-refractivity contribution in [2.75, 3.05) is 33.4 Å². The molecule has 88 valence electrons. The van der Waals surface area contributed by atoms with Gasteiger partial charge in [-0.2, -0.15) is 0 Å². The molecular formula is C10H20N2O3. The summed E-state index contributed by atoms with van der Waals surface area (Å²) in [5.74, 6) is -0.742. The van der Waals surface area contributed by atoms with Crippen molar-refractivity contribution in [3.8, 4) is 0 Å². The van der Waals surface area contributed by atoms with Crippen LogP contribution in [0.3, 0.4) is 0 Å². The maximum absolute atomic E-state index is 10.6. The van der Waals surface area contributed by atoms with Crippen LogP contribution in [0.25, 0.3) is 0 Å². The van der Waals surface area contributed by atoms with E-state index in [0.717, 1.165) is 19.6 Å². The third-order valence-corrected chi connectivity index (χ3v) is 2.78. The molecule has 1 rings (SSSR count). The van der Waals surface area contributed by atoms with Gasteiger partial charge < -0.3 is 15.2 Å². The fourth-order valence-corrected chi connectivity index (χ4v) is 1.86. The van der Waals surface area contributed by atoms with Crippen LogP contribution in [0.15, 0.2) is 0 Å². The number of rotatable bonds is 5. The summed E-state index contributed by atoms with van der Waals surface area (Å²) in [6.45, 7) is 5.34. The number of nitrogens with zero attached hydrogens (tertiary/aromatic N) is 1. The second kappa shape index (κ2) is 6.05. The van der Waals surface area contributed by atoms with E-state index in [0.29, 0.717) is 12.6 Å². The molecule has 2 atom stereocenters. The lowest BCUT2D eigenvalue weighted by atomic mass is 10.1. The van der Waals surface area contributed by atoms with E-state index in [1.165, 1.54) is 0 Å². The van der Waals surface area contributed by atoms with Gasteiger partial charge in [0.1, 0.15) is 0 Å². The van der Waals surface area contributed by atoms with Crippen LogP contribution < -0.4 is 5.32 Å². The quantitative estimate of drug-likeness (QED) is 0.664. The van der Waals surface area contributed by atoms with Crippen molar-refractivity contribution in [1.82, 2.24) is 10.2 Å². The summed E-state index contributed by atoms with van der Waals surface area (Å²) in [5, 5.41) is 12.0. The normalized spacial score (nSPS) is 27.9. The van der Waals surface area contributed by atoms with E-state index in [1.807, 2.05) is 0 Å². The number of nitrogens with one attached hydrogen (secondary N) is 1. The van der Waals surface area contributed by atoms with Crippen LogP contribution in [0.5, 0.6) is 0 Å². The Morgan fingerprint density at radius 1 is 1.67 bits per heavy atom. The van der Waals surface area contributed by atoms with Crippen LogP contribution in [0, 0.1) is 0 Å². The Morgan fingerprint density at radius 3 is 3.00 bits per heavy atom. The highest BCUT2D eigenvalue weighted by Gasteiger charge is 2.25. The Morgan fingerprint density at radius 2 is 2.40 bits per heavy atom. The van der Waals surface area contributed by atoms with E-state index >= 15 is 0 Å². The van der Waals surface area contributed by atoms with Gasteiger partial charge in [0.2, 0.25) is 0 Å².